The molecule has 6 heteroatoms. The summed E-state index contributed by atoms with van der Waals surface area (Å²) in [5, 5.41) is 0. The van der Waals surface area contributed by atoms with E-state index in [9.17, 15) is 13.2 Å². The van der Waals surface area contributed by atoms with Crippen LogP contribution in [0.4, 0.5) is 0 Å². The van der Waals surface area contributed by atoms with Gasteiger partial charge in [-0.25, -0.2) is 8.42 Å². The van der Waals surface area contributed by atoms with Gasteiger partial charge in [0.05, 0.1) is 24.2 Å². The maximum absolute atomic E-state index is 13.4. The monoisotopic (exact) mass is 401 g/mol. The molecule has 1 aliphatic heterocycles. The number of ether oxygens (including phenoxy) is 1. The van der Waals surface area contributed by atoms with Crippen LogP contribution in [-0.2, 0) is 16.4 Å². The fourth-order valence-corrected chi connectivity index (χ4v) is 5.30. The molecule has 0 spiro atoms. The molecule has 2 aromatic rings. The van der Waals surface area contributed by atoms with Crippen LogP contribution in [0.25, 0.3) is 0 Å². The van der Waals surface area contributed by atoms with Gasteiger partial charge >= 0.3 is 0 Å². The van der Waals surface area contributed by atoms with Gasteiger partial charge in [-0.2, -0.15) is 0 Å². The quantitative estimate of drug-likeness (QED) is 0.741. The third-order valence-electron chi connectivity index (χ3n) is 5.25. The Balaban J connectivity index is 1.92. The lowest BCUT2D eigenvalue weighted by atomic mass is 10.0. The fraction of sp³-hybridized carbons (Fsp3) is 0.409. The van der Waals surface area contributed by atoms with Gasteiger partial charge < -0.3 is 9.64 Å². The number of nitrogens with zero attached hydrogens (tertiary/aromatic N) is 1. The van der Waals surface area contributed by atoms with Gasteiger partial charge in [-0.15, -0.1) is 0 Å². The Kier molecular flexibility index (Phi) is 6.08. The standard InChI is InChI=1S/C22H27NO4S/c1-16(2)18-10-8-17(9-11-18)14-23(19-12-13-28(25,26)15-19)22(24)20-6-4-5-7-21(20)27-3/h4-11,16,19H,12-15H2,1-3H3. The zero-order valence-corrected chi connectivity index (χ0v) is 17.4. The normalized spacial score (nSPS) is 18.2. The highest BCUT2D eigenvalue weighted by Crippen LogP contribution is 2.26. The van der Waals surface area contributed by atoms with E-state index in [4.69, 9.17) is 4.74 Å². The molecule has 1 amide bonds. The second kappa shape index (κ2) is 8.35. The van der Waals surface area contributed by atoms with Gasteiger partial charge in [-0.05, 0) is 35.6 Å². The van der Waals surface area contributed by atoms with Crippen LogP contribution in [-0.4, -0.2) is 43.9 Å². The Morgan fingerprint density at radius 1 is 1.14 bits per heavy atom. The number of hydrogen-bond donors (Lipinski definition) is 0. The van der Waals surface area contributed by atoms with Crippen LogP contribution in [0.5, 0.6) is 5.75 Å². The summed E-state index contributed by atoms with van der Waals surface area (Å²) >= 11 is 0. The van der Waals surface area contributed by atoms with Crippen LogP contribution >= 0.6 is 0 Å². The van der Waals surface area contributed by atoms with E-state index in [-0.39, 0.29) is 23.5 Å². The molecule has 2 aromatic carbocycles. The summed E-state index contributed by atoms with van der Waals surface area (Å²) in [5.41, 5.74) is 2.67. The van der Waals surface area contributed by atoms with Crippen LogP contribution in [0.15, 0.2) is 48.5 Å². The second-order valence-corrected chi connectivity index (χ2v) is 9.82. The van der Waals surface area contributed by atoms with Gasteiger partial charge in [-0.1, -0.05) is 50.2 Å². The van der Waals surface area contributed by atoms with Gasteiger partial charge in [0, 0.05) is 12.6 Å². The lowest BCUT2D eigenvalue weighted by Gasteiger charge is -2.29. The minimum absolute atomic E-state index is 0.0119. The highest BCUT2D eigenvalue weighted by atomic mass is 32.2. The summed E-state index contributed by atoms with van der Waals surface area (Å²) in [6.45, 7) is 4.64. The lowest BCUT2D eigenvalue weighted by molar-refractivity contribution is 0.0677. The Morgan fingerprint density at radius 2 is 1.82 bits per heavy atom. The van der Waals surface area contributed by atoms with Crippen molar-refractivity contribution in [1.29, 1.82) is 0 Å². The molecule has 1 aliphatic rings. The van der Waals surface area contributed by atoms with E-state index >= 15 is 0 Å². The van der Waals surface area contributed by atoms with Crippen LogP contribution in [0.2, 0.25) is 0 Å². The van der Waals surface area contributed by atoms with E-state index < -0.39 is 9.84 Å². The first kappa shape index (κ1) is 20.4. The smallest absolute Gasteiger partial charge is 0.258 e. The predicted octanol–water partition coefficient (Wildman–Crippen LogP) is 3.65. The van der Waals surface area contributed by atoms with Crippen molar-refractivity contribution in [2.45, 2.75) is 38.8 Å². The topological polar surface area (TPSA) is 63.7 Å². The third kappa shape index (κ3) is 4.55. The summed E-state index contributed by atoms with van der Waals surface area (Å²) in [7, 11) is -1.58. The molecule has 5 nitrogen and oxygen atoms in total. The molecule has 1 saturated heterocycles. The molecule has 150 valence electrons. The molecule has 0 N–H and O–H groups in total. The minimum atomic E-state index is -3.11. The maximum Gasteiger partial charge on any atom is 0.258 e. The van der Waals surface area contributed by atoms with E-state index in [1.807, 2.05) is 18.2 Å². The van der Waals surface area contributed by atoms with Crippen molar-refractivity contribution in [1.82, 2.24) is 4.90 Å². The molecule has 3 rings (SSSR count). The number of para-hydroxylation sites is 1. The number of sulfone groups is 1. The Morgan fingerprint density at radius 3 is 2.39 bits per heavy atom. The Hall–Kier alpha value is -2.34. The summed E-state index contributed by atoms with van der Waals surface area (Å²) in [6, 6.07) is 14.9. The summed E-state index contributed by atoms with van der Waals surface area (Å²) in [5.74, 6) is 0.860. The number of benzene rings is 2. The Labute approximate surface area is 167 Å². The minimum Gasteiger partial charge on any atom is -0.496 e. The van der Waals surface area contributed by atoms with Crippen molar-refractivity contribution in [3.05, 3.63) is 65.2 Å². The number of rotatable bonds is 6. The molecule has 1 fully saturated rings. The summed E-state index contributed by atoms with van der Waals surface area (Å²) in [6.07, 6.45) is 0.466. The first-order valence-corrected chi connectivity index (χ1v) is 11.4. The Bertz CT molecular complexity index is 935. The molecule has 0 saturated carbocycles. The molecule has 28 heavy (non-hydrogen) atoms. The average molecular weight is 402 g/mol. The maximum atomic E-state index is 13.4. The number of carbonyl (C=O) groups is 1. The summed E-state index contributed by atoms with van der Waals surface area (Å²) < 4.78 is 29.4. The molecule has 1 unspecified atom stereocenters. The largest absolute Gasteiger partial charge is 0.496 e. The van der Waals surface area contributed by atoms with E-state index in [0.29, 0.717) is 30.2 Å². The average Bonchev–Trinajstić information content (AvgIpc) is 3.05. The number of amides is 1. The van der Waals surface area contributed by atoms with Crippen LogP contribution < -0.4 is 4.74 Å². The number of carbonyl (C=O) groups excluding carboxylic acids is 1. The molecule has 1 heterocycles. The predicted molar refractivity (Wildman–Crippen MR) is 110 cm³/mol. The van der Waals surface area contributed by atoms with Gasteiger partial charge in [0.1, 0.15) is 5.75 Å². The molecule has 0 aromatic heterocycles. The second-order valence-electron chi connectivity index (χ2n) is 7.59. The summed E-state index contributed by atoms with van der Waals surface area (Å²) in [4.78, 5) is 15.0. The van der Waals surface area contributed by atoms with Crippen molar-refractivity contribution < 1.29 is 17.9 Å². The molecule has 0 bridgehead atoms. The highest BCUT2D eigenvalue weighted by Gasteiger charge is 2.35. The van der Waals surface area contributed by atoms with E-state index in [2.05, 4.69) is 26.0 Å². The van der Waals surface area contributed by atoms with Crippen molar-refractivity contribution in [3.63, 3.8) is 0 Å². The molecular weight excluding hydrogens is 374 g/mol. The van der Waals surface area contributed by atoms with Crippen LogP contribution in [0.1, 0.15) is 47.7 Å². The van der Waals surface area contributed by atoms with E-state index in [0.717, 1.165) is 5.56 Å². The molecule has 1 atom stereocenters. The zero-order valence-electron chi connectivity index (χ0n) is 16.6. The fourth-order valence-electron chi connectivity index (χ4n) is 3.57. The molecule has 0 aliphatic carbocycles. The first-order valence-electron chi connectivity index (χ1n) is 9.54. The SMILES string of the molecule is COc1ccccc1C(=O)N(Cc1ccc(C(C)C)cc1)C1CCS(=O)(=O)C1. The third-order valence-corrected chi connectivity index (χ3v) is 7.00. The van der Waals surface area contributed by atoms with Crippen molar-refractivity contribution in [2.24, 2.45) is 0 Å². The van der Waals surface area contributed by atoms with Crippen molar-refractivity contribution in [3.8, 4) is 5.75 Å². The van der Waals surface area contributed by atoms with Gasteiger partial charge in [-0.3, -0.25) is 4.79 Å². The first-order chi connectivity index (χ1) is 13.3. The molecule has 0 radical (unpaired) electrons. The van der Waals surface area contributed by atoms with Gasteiger partial charge in [0.25, 0.3) is 5.91 Å². The zero-order chi connectivity index (χ0) is 20.3. The van der Waals surface area contributed by atoms with Crippen LogP contribution in [0, 0.1) is 0 Å². The molecular formula is C22H27NO4S. The van der Waals surface area contributed by atoms with Crippen molar-refractivity contribution >= 4 is 15.7 Å². The van der Waals surface area contributed by atoms with E-state index in [1.54, 1.807) is 23.1 Å². The van der Waals surface area contributed by atoms with E-state index in [1.165, 1.54) is 12.7 Å². The number of methoxy groups -OCH3 is 1. The number of hydrogen-bond acceptors (Lipinski definition) is 4. The van der Waals surface area contributed by atoms with Crippen LogP contribution in [0.3, 0.4) is 0 Å². The van der Waals surface area contributed by atoms with Gasteiger partial charge in [0.15, 0.2) is 9.84 Å². The van der Waals surface area contributed by atoms with Gasteiger partial charge in [0.2, 0.25) is 0 Å². The lowest BCUT2D eigenvalue weighted by Crippen LogP contribution is -2.40. The highest BCUT2D eigenvalue weighted by molar-refractivity contribution is 7.91. The van der Waals surface area contributed by atoms with Crippen molar-refractivity contribution in [2.75, 3.05) is 18.6 Å².